The molecule has 1 fully saturated rings. The van der Waals surface area contributed by atoms with Crippen LogP contribution in [0.25, 0.3) is 0 Å². The van der Waals surface area contributed by atoms with E-state index in [9.17, 15) is 15.3 Å². The normalized spacial score (nSPS) is 23.3. The third kappa shape index (κ3) is 5.02. The molecule has 0 saturated carbocycles. The van der Waals surface area contributed by atoms with Gasteiger partial charge in [0.05, 0.1) is 41.3 Å². The second kappa shape index (κ2) is 11.6. The smallest absolute Gasteiger partial charge is 0.305 e. The average Bonchev–Trinajstić information content (AvgIpc) is 3.77. The summed E-state index contributed by atoms with van der Waals surface area (Å²) in [4.78, 5) is 28.5. The van der Waals surface area contributed by atoms with Crippen LogP contribution >= 0.6 is 12.6 Å². The monoisotopic (exact) mass is 614 g/mol. The molecule has 1 saturated heterocycles. The maximum absolute atomic E-state index is 12.3. The minimum absolute atomic E-state index is 0.00660. The Kier molecular flexibility index (Phi) is 7.84. The van der Waals surface area contributed by atoms with Crippen LogP contribution in [-0.2, 0) is 9.53 Å². The summed E-state index contributed by atoms with van der Waals surface area (Å²) in [7, 11) is 1.42. The van der Waals surface area contributed by atoms with Gasteiger partial charge in [-0.05, 0) is 85.1 Å². The molecule has 226 valence electrons. The van der Waals surface area contributed by atoms with Crippen LogP contribution < -0.4 is 5.32 Å². The molecule has 0 amide bonds. The van der Waals surface area contributed by atoms with E-state index in [-0.39, 0.29) is 23.4 Å². The van der Waals surface area contributed by atoms with E-state index in [1.165, 1.54) is 7.11 Å². The molecule has 1 aliphatic carbocycles. The maximum Gasteiger partial charge on any atom is 0.305 e. The number of carbonyl (C=O) groups excluding carboxylic acids is 1. The van der Waals surface area contributed by atoms with Gasteiger partial charge in [-0.1, -0.05) is 13.8 Å². The minimum Gasteiger partial charge on any atom is -0.469 e. The van der Waals surface area contributed by atoms with Gasteiger partial charge in [-0.25, -0.2) is 15.0 Å². The standard InChI is InChI=1S/C36H34N6O2S/c1-7-22-17(2)27-13-31-24(10-21(15-37)16-38)19(4)26(40-31)12-28-18(3)23(8-9-33(43)44-6)35(41-28)25-11-32(45)34-20(5)29(42-36(25)34)14-30(22)39-27/h10,12-14,18,23,41,45H,7-9,11H2,1-6H3/t18-,23-/m0/s1. The van der Waals surface area contributed by atoms with Crippen molar-refractivity contribution in [3.8, 4) is 12.1 Å². The number of thiol groups is 1. The molecule has 0 aromatic heterocycles. The number of nitriles is 2. The number of esters is 1. The molecule has 5 heterocycles. The van der Waals surface area contributed by atoms with Gasteiger partial charge in [0.2, 0.25) is 0 Å². The van der Waals surface area contributed by atoms with E-state index in [1.807, 2.05) is 25.1 Å². The molecule has 8 nitrogen and oxygen atoms in total. The summed E-state index contributed by atoms with van der Waals surface area (Å²) in [5.41, 5.74) is 13.9. The summed E-state index contributed by atoms with van der Waals surface area (Å²) in [6.45, 7) is 10.4. The summed E-state index contributed by atoms with van der Waals surface area (Å²) in [5.74, 6) is -0.170. The number of ether oxygens (including phenoxy) is 1. The molecular weight excluding hydrogens is 581 g/mol. The molecule has 1 N–H and O–H groups in total. The number of rotatable bonds is 5. The lowest BCUT2D eigenvalue weighted by atomic mass is 9.86. The molecule has 0 radical (unpaired) electrons. The fourth-order valence-electron chi connectivity index (χ4n) is 6.92. The Bertz CT molecular complexity index is 1940. The van der Waals surface area contributed by atoms with Crippen LogP contribution in [0.1, 0.15) is 60.3 Å². The number of carbonyl (C=O) groups is 1. The molecule has 8 bridgehead atoms. The molecule has 6 rings (SSSR count). The summed E-state index contributed by atoms with van der Waals surface area (Å²) in [6.07, 6.45) is 10.0. The van der Waals surface area contributed by atoms with Crippen LogP contribution in [0, 0.1) is 34.5 Å². The fourth-order valence-corrected chi connectivity index (χ4v) is 7.35. The van der Waals surface area contributed by atoms with Crippen LogP contribution in [0.3, 0.4) is 0 Å². The van der Waals surface area contributed by atoms with E-state index in [0.29, 0.717) is 30.5 Å². The Morgan fingerprint density at radius 3 is 2.47 bits per heavy atom. The van der Waals surface area contributed by atoms with Crippen molar-refractivity contribution in [2.45, 2.75) is 60.3 Å². The highest BCUT2D eigenvalue weighted by molar-refractivity contribution is 7.84. The van der Waals surface area contributed by atoms with Gasteiger partial charge in [-0.15, -0.1) is 12.6 Å². The second-order valence-electron chi connectivity index (χ2n) is 11.9. The largest absolute Gasteiger partial charge is 0.469 e. The van der Waals surface area contributed by atoms with Crippen LogP contribution in [0.2, 0.25) is 0 Å². The lowest BCUT2D eigenvalue weighted by Crippen LogP contribution is -2.16. The summed E-state index contributed by atoms with van der Waals surface area (Å²) >= 11 is 4.94. The Hall–Kier alpha value is -4.73. The number of fused-ring (bicyclic) bond motifs is 5. The molecule has 0 unspecified atom stereocenters. The van der Waals surface area contributed by atoms with Crippen LogP contribution in [0.5, 0.6) is 0 Å². The number of aliphatic imine (C=N–C) groups is 3. The molecular formula is C36H34N6O2S. The minimum atomic E-state index is -0.241. The number of nitrogens with zero attached hydrogens (tertiary/aromatic N) is 5. The highest BCUT2D eigenvalue weighted by atomic mass is 32.1. The zero-order chi connectivity index (χ0) is 32.2. The average molecular weight is 615 g/mol. The third-order valence-corrected chi connectivity index (χ3v) is 9.90. The fraction of sp³-hybridized carbons (Fsp3) is 0.333. The quantitative estimate of drug-likeness (QED) is 0.197. The van der Waals surface area contributed by atoms with Crippen molar-refractivity contribution >= 4 is 35.7 Å². The molecule has 6 aliphatic rings. The van der Waals surface area contributed by atoms with E-state index in [0.717, 1.165) is 84.7 Å². The second-order valence-corrected chi connectivity index (χ2v) is 12.5. The summed E-state index contributed by atoms with van der Waals surface area (Å²) < 4.78 is 4.99. The number of nitrogens with one attached hydrogen (secondary N) is 1. The first-order chi connectivity index (χ1) is 21.6. The Balaban J connectivity index is 1.61. The summed E-state index contributed by atoms with van der Waals surface area (Å²) in [5, 5.41) is 22.9. The number of hydrogen-bond acceptors (Lipinski definition) is 9. The lowest BCUT2D eigenvalue weighted by Gasteiger charge is -2.17. The van der Waals surface area contributed by atoms with Gasteiger partial charge in [-0.2, -0.15) is 10.5 Å². The highest BCUT2D eigenvalue weighted by Gasteiger charge is 2.40. The lowest BCUT2D eigenvalue weighted by molar-refractivity contribution is -0.140. The van der Waals surface area contributed by atoms with Crippen molar-refractivity contribution in [3.05, 3.63) is 102 Å². The van der Waals surface area contributed by atoms with Crippen LogP contribution in [0.4, 0.5) is 0 Å². The third-order valence-electron chi connectivity index (χ3n) is 9.52. The van der Waals surface area contributed by atoms with Crippen molar-refractivity contribution in [1.29, 1.82) is 10.5 Å². The zero-order valence-corrected chi connectivity index (χ0v) is 27.2. The predicted octanol–water partition coefficient (Wildman–Crippen LogP) is 6.96. The number of allylic oxidation sites excluding steroid dienone is 14. The van der Waals surface area contributed by atoms with Gasteiger partial charge in [0.15, 0.2) is 0 Å². The van der Waals surface area contributed by atoms with E-state index < -0.39 is 0 Å². The van der Waals surface area contributed by atoms with Gasteiger partial charge in [0.1, 0.15) is 17.7 Å². The molecule has 0 aromatic carbocycles. The van der Waals surface area contributed by atoms with Crippen molar-refractivity contribution in [2.75, 3.05) is 7.11 Å². The Morgan fingerprint density at radius 2 is 1.78 bits per heavy atom. The van der Waals surface area contributed by atoms with Crippen LogP contribution in [-0.4, -0.2) is 30.2 Å². The van der Waals surface area contributed by atoms with Crippen molar-refractivity contribution in [2.24, 2.45) is 26.8 Å². The molecule has 5 aliphatic heterocycles. The van der Waals surface area contributed by atoms with E-state index in [2.05, 4.69) is 45.2 Å². The van der Waals surface area contributed by atoms with Crippen molar-refractivity contribution in [3.63, 3.8) is 0 Å². The zero-order valence-electron chi connectivity index (χ0n) is 26.3. The molecule has 2 atom stereocenters. The highest BCUT2D eigenvalue weighted by Crippen LogP contribution is 2.47. The van der Waals surface area contributed by atoms with Gasteiger partial charge < -0.3 is 10.1 Å². The van der Waals surface area contributed by atoms with Crippen molar-refractivity contribution in [1.82, 2.24) is 5.32 Å². The van der Waals surface area contributed by atoms with E-state index in [1.54, 1.807) is 6.08 Å². The molecule has 0 spiro atoms. The topological polar surface area (TPSA) is 123 Å². The maximum atomic E-state index is 12.3. The number of methoxy groups -OCH3 is 1. The van der Waals surface area contributed by atoms with Crippen LogP contribution in [0.15, 0.2) is 117 Å². The number of hydrogen-bond donors (Lipinski definition) is 2. The van der Waals surface area contributed by atoms with Crippen molar-refractivity contribution < 1.29 is 9.53 Å². The van der Waals surface area contributed by atoms with E-state index in [4.69, 9.17) is 32.3 Å². The first-order valence-electron chi connectivity index (χ1n) is 15.2. The van der Waals surface area contributed by atoms with Gasteiger partial charge in [0.25, 0.3) is 0 Å². The summed E-state index contributed by atoms with van der Waals surface area (Å²) in [6, 6.07) is 3.98. The first kappa shape index (κ1) is 30.3. The molecule has 45 heavy (non-hydrogen) atoms. The Labute approximate surface area is 269 Å². The van der Waals surface area contributed by atoms with Gasteiger partial charge in [-0.3, -0.25) is 4.79 Å². The molecule has 9 heteroatoms. The molecule has 0 aromatic rings. The van der Waals surface area contributed by atoms with Gasteiger partial charge in [0, 0.05) is 52.8 Å². The first-order valence-corrected chi connectivity index (χ1v) is 15.6. The van der Waals surface area contributed by atoms with Gasteiger partial charge >= 0.3 is 5.97 Å². The Morgan fingerprint density at radius 1 is 1.07 bits per heavy atom. The predicted molar refractivity (Wildman–Crippen MR) is 179 cm³/mol. The van der Waals surface area contributed by atoms with E-state index >= 15 is 0 Å². The SMILES string of the molecule is CCC1=C(C)C2=NC1=CC1=C(C)C3=C(S)CC(=C4NC(=CC5=NC(=C2)C(C=C(C#N)C#N)=C5C)[C@@H](C)[C@@H]4CCC(=O)OC)C3=N1.